The molecule has 1 fully saturated rings. The molecule has 18 heavy (non-hydrogen) atoms. The lowest BCUT2D eigenvalue weighted by molar-refractivity contribution is -0.150. The SMILES string of the molecule is CCC1C(=O)NC(=O)CN1C(=O)CCC(C)(C)N. The van der Waals surface area contributed by atoms with Gasteiger partial charge in [-0.05, 0) is 26.7 Å². The number of piperazine rings is 1. The second-order valence-corrected chi connectivity index (χ2v) is 5.35. The van der Waals surface area contributed by atoms with Gasteiger partial charge in [0.2, 0.25) is 17.7 Å². The van der Waals surface area contributed by atoms with E-state index in [-0.39, 0.29) is 18.9 Å². The van der Waals surface area contributed by atoms with Gasteiger partial charge in [-0.25, -0.2) is 0 Å². The maximum atomic E-state index is 12.0. The lowest BCUT2D eigenvalue weighted by atomic mass is 9.99. The van der Waals surface area contributed by atoms with Gasteiger partial charge in [-0.15, -0.1) is 0 Å². The molecule has 1 unspecified atom stereocenters. The lowest BCUT2D eigenvalue weighted by Crippen LogP contribution is -2.59. The Hall–Kier alpha value is -1.43. The van der Waals surface area contributed by atoms with Gasteiger partial charge in [0.15, 0.2) is 0 Å². The first-order valence-corrected chi connectivity index (χ1v) is 6.16. The van der Waals surface area contributed by atoms with Crippen LogP contribution in [0.15, 0.2) is 0 Å². The predicted molar refractivity (Wildman–Crippen MR) is 66.4 cm³/mol. The highest BCUT2D eigenvalue weighted by molar-refractivity contribution is 6.04. The van der Waals surface area contributed by atoms with E-state index < -0.39 is 23.4 Å². The van der Waals surface area contributed by atoms with Gasteiger partial charge < -0.3 is 10.6 Å². The molecule has 1 heterocycles. The van der Waals surface area contributed by atoms with E-state index in [9.17, 15) is 14.4 Å². The highest BCUT2D eigenvalue weighted by Gasteiger charge is 2.35. The maximum absolute atomic E-state index is 12.0. The number of carbonyl (C=O) groups excluding carboxylic acids is 3. The van der Waals surface area contributed by atoms with Crippen LogP contribution in [0.5, 0.6) is 0 Å². The molecule has 0 radical (unpaired) electrons. The number of nitrogens with two attached hydrogens (primary N) is 1. The number of rotatable bonds is 4. The fourth-order valence-electron chi connectivity index (χ4n) is 1.91. The number of carbonyl (C=O) groups is 3. The molecule has 1 aliphatic rings. The molecule has 0 aliphatic carbocycles. The van der Waals surface area contributed by atoms with Crippen LogP contribution in [0.25, 0.3) is 0 Å². The third-order valence-electron chi connectivity index (χ3n) is 2.95. The van der Waals surface area contributed by atoms with Gasteiger partial charge in [-0.3, -0.25) is 19.7 Å². The Kier molecular flexibility index (Phi) is 4.45. The molecular formula is C12H21N3O3. The van der Waals surface area contributed by atoms with E-state index in [1.165, 1.54) is 4.90 Å². The summed E-state index contributed by atoms with van der Waals surface area (Å²) in [6, 6.07) is -0.545. The monoisotopic (exact) mass is 255 g/mol. The van der Waals surface area contributed by atoms with Gasteiger partial charge in [-0.1, -0.05) is 6.92 Å². The third kappa shape index (κ3) is 3.80. The van der Waals surface area contributed by atoms with Crippen molar-refractivity contribution in [2.45, 2.75) is 51.6 Å². The van der Waals surface area contributed by atoms with Crippen LogP contribution in [0.1, 0.15) is 40.0 Å². The quantitative estimate of drug-likeness (QED) is 0.678. The summed E-state index contributed by atoms with van der Waals surface area (Å²) in [7, 11) is 0. The molecule has 1 saturated heterocycles. The Morgan fingerprint density at radius 3 is 2.61 bits per heavy atom. The molecule has 0 bridgehead atoms. The first kappa shape index (κ1) is 14.6. The highest BCUT2D eigenvalue weighted by Crippen LogP contribution is 2.14. The van der Waals surface area contributed by atoms with Gasteiger partial charge in [-0.2, -0.15) is 0 Å². The molecule has 1 rings (SSSR count). The number of nitrogens with zero attached hydrogens (tertiary/aromatic N) is 1. The number of amides is 3. The van der Waals surface area contributed by atoms with Gasteiger partial charge >= 0.3 is 0 Å². The summed E-state index contributed by atoms with van der Waals surface area (Å²) in [4.78, 5) is 36.3. The minimum atomic E-state index is -0.545. The largest absolute Gasteiger partial charge is 0.326 e. The number of nitrogens with one attached hydrogen (secondary N) is 1. The first-order chi connectivity index (χ1) is 8.24. The van der Waals surface area contributed by atoms with Crippen LogP contribution in [0, 0.1) is 0 Å². The average molecular weight is 255 g/mol. The van der Waals surface area contributed by atoms with E-state index in [0.29, 0.717) is 12.8 Å². The molecule has 0 aromatic rings. The molecule has 1 atom stereocenters. The zero-order chi connectivity index (χ0) is 13.9. The Morgan fingerprint density at radius 2 is 2.11 bits per heavy atom. The topological polar surface area (TPSA) is 92.5 Å². The van der Waals surface area contributed by atoms with Crippen LogP contribution in [0.3, 0.4) is 0 Å². The van der Waals surface area contributed by atoms with Crippen molar-refractivity contribution in [1.29, 1.82) is 0 Å². The smallest absolute Gasteiger partial charge is 0.249 e. The van der Waals surface area contributed by atoms with E-state index in [1.807, 2.05) is 20.8 Å². The minimum absolute atomic E-state index is 0.0475. The Labute approximate surface area is 107 Å². The summed E-state index contributed by atoms with van der Waals surface area (Å²) in [6.07, 6.45) is 1.27. The second kappa shape index (κ2) is 5.48. The molecule has 3 amide bonds. The van der Waals surface area contributed by atoms with Crippen molar-refractivity contribution in [1.82, 2.24) is 10.2 Å². The van der Waals surface area contributed by atoms with Crippen molar-refractivity contribution in [3.63, 3.8) is 0 Å². The fourth-order valence-corrected chi connectivity index (χ4v) is 1.91. The molecule has 0 aromatic heterocycles. The molecular weight excluding hydrogens is 234 g/mol. The lowest BCUT2D eigenvalue weighted by Gasteiger charge is -2.34. The summed E-state index contributed by atoms with van der Waals surface area (Å²) in [5.74, 6) is -1.01. The van der Waals surface area contributed by atoms with Crippen LogP contribution in [0.4, 0.5) is 0 Å². The number of imide groups is 1. The fraction of sp³-hybridized carbons (Fsp3) is 0.750. The number of hydrogen-bond donors (Lipinski definition) is 2. The molecule has 102 valence electrons. The Bertz CT molecular complexity index is 360. The Morgan fingerprint density at radius 1 is 1.50 bits per heavy atom. The van der Waals surface area contributed by atoms with E-state index in [0.717, 1.165) is 0 Å². The average Bonchev–Trinajstić information content (AvgIpc) is 2.24. The van der Waals surface area contributed by atoms with Crippen LogP contribution < -0.4 is 11.1 Å². The van der Waals surface area contributed by atoms with Crippen LogP contribution >= 0.6 is 0 Å². The van der Waals surface area contributed by atoms with Crippen molar-refractivity contribution in [3.05, 3.63) is 0 Å². The molecule has 0 aromatic carbocycles. The van der Waals surface area contributed by atoms with E-state index in [2.05, 4.69) is 5.32 Å². The van der Waals surface area contributed by atoms with Gasteiger partial charge in [0.1, 0.15) is 12.6 Å². The first-order valence-electron chi connectivity index (χ1n) is 6.16. The van der Waals surface area contributed by atoms with Crippen molar-refractivity contribution in [2.75, 3.05) is 6.54 Å². The van der Waals surface area contributed by atoms with E-state index in [4.69, 9.17) is 5.73 Å². The summed E-state index contributed by atoms with van der Waals surface area (Å²) < 4.78 is 0. The summed E-state index contributed by atoms with van der Waals surface area (Å²) in [6.45, 7) is 5.44. The van der Waals surface area contributed by atoms with Crippen LogP contribution in [-0.2, 0) is 14.4 Å². The normalized spacial score (nSPS) is 20.9. The third-order valence-corrected chi connectivity index (χ3v) is 2.95. The maximum Gasteiger partial charge on any atom is 0.249 e. The van der Waals surface area contributed by atoms with Crippen molar-refractivity contribution in [2.24, 2.45) is 5.73 Å². The van der Waals surface area contributed by atoms with Crippen LogP contribution in [0.2, 0.25) is 0 Å². The predicted octanol–water partition coefficient (Wildman–Crippen LogP) is -0.232. The zero-order valence-corrected chi connectivity index (χ0v) is 11.2. The molecule has 6 heteroatoms. The van der Waals surface area contributed by atoms with Crippen LogP contribution in [-0.4, -0.2) is 40.7 Å². The van der Waals surface area contributed by atoms with Gasteiger partial charge in [0, 0.05) is 12.0 Å². The minimum Gasteiger partial charge on any atom is -0.326 e. The van der Waals surface area contributed by atoms with Crippen molar-refractivity contribution in [3.8, 4) is 0 Å². The van der Waals surface area contributed by atoms with E-state index in [1.54, 1.807) is 0 Å². The van der Waals surface area contributed by atoms with E-state index >= 15 is 0 Å². The van der Waals surface area contributed by atoms with Gasteiger partial charge in [0.05, 0.1) is 0 Å². The van der Waals surface area contributed by atoms with Crippen molar-refractivity contribution >= 4 is 17.7 Å². The molecule has 1 aliphatic heterocycles. The molecule has 0 spiro atoms. The second-order valence-electron chi connectivity index (χ2n) is 5.35. The molecule has 6 nitrogen and oxygen atoms in total. The summed E-state index contributed by atoms with van der Waals surface area (Å²) >= 11 is 0. The number of hydrogen-bond acceptors (Lipinski definition) is 4. The highest BCUT2D eigenvalue weighted by atomic mass is 16.2. The summed E-state index contributed by atoms with van der Waals surface area (Å²) in [5, 5.41) is 2.24. The van der Waals surface area contributed by atoms with Gasteiger partial charge in [0.25, 0.3) is 0 Å². The summed E-state index contributed by atoms with van der Waals surface area (Å²) in [5.41, 5.74) is 5.39. The Balaban J connectivity index is 2.69. The van der Waals surface area contributed by atoms with Crippen molar-refractivity contribution < 1.29 is 14.4 Å². The molecule has 3 N–H and O–H groups in total. The molecule has 0 saturated carbocycles. The zero-order valence-electron chi connectivity index (χ0n) is 11.2. The standard InChI is InChI=1S/C12H21N3O3/c1-4-8-11(18)14-9(16)7-15(8)10(17)5-6-12(2,3)13/h8H,4-7,13H2,1-3H3,(H,14,16,18).